The van der Waals surface area contributed by atoms with Crippen molar-refractivity contribution >= 4 is 38.9 Å². The second kappa shape index (κ2) is 11.3. The van der Waals surface area contributed by atoms with Crippen LogP contribution in [0.2, 0.25) is 5.02 Å². The quantitative estimate of drug-likeness (QED) is 0.394. The summed E-state index contributed by atoms with van der Waals surface area (Å²) in [5.41, 5.74) is -1.82. The van der Waals surface area contributed by atoms with Crippen LogP contribution in [0.1, 0.15) is 49.9 Å². The highest BCUT2D eigenvalue weighted by molar-refractivity contribution is 7.92. The van der Waals surface area contributed by atoms with Crippen LogP contribution >= 0.6 is 11.6 Å². The molecule has 3 N–H and O–H groups in total. The lowest BCUT2D eigenvalue weighted by Crippen LogP contribution is -2.56. The largest absolute Gasteiger partial charge is 0.392 e. The second-order valence-electron chi connectivity index (χ2n) is 10.7. The van der Waals surface area contributed by atoms with E-state index in [-0.39, 0.29) is 53.0 Å². The number of nitrogens with one attached hydrogen (secondary N) is 1. The van der Waals surface area contributed by atoms with Gasteiger partial charge in [0.2, 0.25) is 5.91 Å². The van der Waals surface area contributed by atoms with Crippen molar-refractivity contribution in [2.75, 3.05) is 18.4 Å². The molecule has 0 aromatic heterocycles. The molecule has 40 heavy (non-hydrogen) atoms. The predicted octanol–water partition coefficient (Wildman–Crippen LogP) is 3.93. The average Bonchev–Trinajstić information content (AvgIpc) is 3.02. The van der Waals surface area contributed by atoms with Gasteiger partial charge in [0.1, 0.15) is 0 Å². The topological polar surface area (TPSA) is 124 Å². The number of sulfone groups is 1. The van der Waals surface area contributed by atoms with Crippen LogP contribution in [0, 0.1) is 29.3 Å². The van der Waals surface area contributed by atoms with E-state index in [1.807, 2.05) is 0 Å². The number of fused-ring (bicyclic) bond motifs is 2. The van der Waals surface area contributed by atoms with Crippen molar-refractivity contribution in [3.05, 3.63) is 58.4 Å². The molecule has 13 heteroatoms. The van der Waals surface area contributed by atoms with Gasteiger partial charge < -0.3 is 20.4 Å². The average molecular weight is 603 g/mol. The Morgan fingerprint density at radius 2 is 1.70 bits per heavy atom. The summed E-state index contributed by atoms with van der Waals surface area (Å²) in [6.07, 6.45) is 0.547. The Kier molecular flexibility index (Phi) is 8.56. The van der Waals surface area contributed by atoms with Gasteiger partial charge in [-0.25, -0.2) is 21.6 Å². The molecular weight excluding hydrogens is 573 g/mol. The zero-order chi connectivity index (χ0) is 29.6. The van der Waals surface area contributed by atoms with Crippen LogP contribution in [0.25, 0.3) is 0 Å². The standard InChI is InChI=1S/C27H30ClF3N2O6S/c1-14(34)12-33(15(2)35)13-27(37)17-4-5-18(27)9-20(8-17)40(38,39)24-7-16(3-6-21(24)28)26(36)32-19-10-22(29)25(31)23(30)11-19/h3,6-7,10-11,14,17-18,20,34,37H,4-5,8-9,12-13H2,1-2H3,(H,32,36)/t14-,17+,18?,20?,27?/m1/s1. The Morgan fingerprint density at radius 3 is 2.23 bits per heavy atom. The lowest BCUT2D eigenvalue weighted by Gasteiger charge is -2.45. The fourth-order valence-corrected chi connectivity index (χ4v) is 8.33. The summed E-state index contributed by atoms with van der Waals surface area (Å²) in [6, 6.07) is 4.74. The summed E-state index contributed by atoms with van der Waals surface area (Å²) in [7, 11) is -4.09. The number of aliphatic hydroxyl groups is 2. The number of rotatable bonds is 8. The van der Waals surface area contributed by atoms with Crippen LogP contribution in [0.5, 0.6) is 0 Å². The number of carbonyl (C=O) groups is 2. The minimum Gasteiger partial charge on any atom is -0.392 e. The fourth-order valence-electron chi connectivity index (χ4n) is 5.92. The van der Waals surface area contributed by atoms with E-state index < -0.39 is 62.0 Å². The maximum Gasteiger partial charge on any atom is 0.255 e. The molecule has 0 spiro atoms. The highest BCUT2D eigenvalue weighted by Crippen LogP contribution is 2.52. The third-order valence-corrected chi connectivity index (χ3v) is 10.6. The minimum absolute atomic E-state index is 0.0175. The molecule has 4 rings (SSSR count). The van der Waals surface area contributed by atoms with Gasteiger partial charge in [-0.3, -0.25) is 9.59 Å². The molecule has 2 bridgehead atoms. The van der Waals surface area contributed by atoms with E-state index in [1.54, 1.807) is 0 Å². The molecule has 3 unspecified atom stereocenters. The van der Waals surface area contributed by atoms with Crippen LogP contribution in [-0.2, 0) is 14.6 Å². The molecular formula is C27H30ClF3N2O6S. The normalized spacial score (nSPS) is 24.9. The van der Waals surface area contributed by atoms with Crippen molar-refractivity contribution < 1.29 is 41.4 Å². The Hall–Kier alpha value is -2.67. The van der Waals surface area contributed by atoms with E-state index in [1.165, 1.54) is 30.9 Å². The maximum atomic E-state index is 13.7. The van der Waals surface area contributed by atoms with Crippen LogP contribution < -0.4 is 5.32 Å². The minimum atomic E-state index is -4.09. The molecule has 0 saturated heterocycles. The maximum absolute atomic E-state index is 13.7. The first-order valence-corrected chi connectivity index (χ1v) is 14.7. The molecule has 0 aliphatic heterocycles. The fraction of sp³-hybridized carbons (Fsp3) is 0.481. The summed E-state index contributed by atoms with van der Waals surface area (Å²) < 4.78 is 67.8. The molecule has 2 amide bonds. The van der Waals surface area contributed by atoms with E-state index in [0.29, 0.717) is 25.0 Å². The zero-order valence-corrected chi connectivity index (χ0v) is 23.4. The molecule has 8 nitrogen and oxygen atoms in total. The zero-order valence-electron chi connectivity index (χ0n) is 21.8. The number of benzene rings is 2. The van der Waals surface area contributed by atoms with Crippen molar-refractivity contribution in [2.24, 2.45) is 11.8 Å². The van der Waals surface area contributed by atoms with Crippen molar-refractivity contribution in [3.63, 3.8) is 0 Å². The third kappa shape index (κ3) is 5.86. The smallest absolute Gasteiger partial charge is 0.255 e. The Labute approximate surface area is 235 Å². The van der Waals surface area contributed by atoms with Crippen molar-refractivity contribution in [1.29, 1.82) is 0 Å². The highest BCUT2D eigenvalue weighted by atomic mass is 35.5. The van der Waals surface area contributed by atoms with Gasteiger partial charge in [-0.15, -0.1) is 0 Å². The molecule has 5 atom stereocenters. The molecule has 0 radical (unpaired) electrons. The first kappa shape index (κ1) is 30.3. The number of carbonyl (C=O) groups excluding carboxylic acids is 2. The molecule has 2 saturated carbocycles. The van der Waals surface area contributed by atoms with Gasteiger partial charge in [0.25, 0.3) is 5.91 Å². The highest BCUT2D eigenvalue weighted by Gasteiger charge is 2.56. The molecule has 2 aromatic rings. The summed E-state index contributed by atoms with van der Waals surface area (Å²) in [5.74, 6) is -6.73. The van der Waals surface area contributed by atoms with Crippen LogP contribution in [0.15, 0.2) is 35.2 Å². The molecule has 218 valence electrons. The predicted molar refractivity (Wildman–Crippen MR) is 141 cm³/mol. The summed E-state index contributed by atoms with van der Waals surface area (Å²) in [4.78, 5) is 26.0. The van der Waals surface area contributed by atoms with Crippen LogP contribution in [0.3, 0.4) is 0 Å². The van der Waals surface area contributed by atoms with Crippen molar-refractivity contribution in [1.82, 2.24) is 4.90 Å². The first-order chi connectivity index (χ1) is 18.6. The van der Waals surface area contributed by atoms with E-state index in [2.05, 4.69) is 5.32 Å². The number of amides is 2. The molecule has 2 aromatic carbocycles. The van der Waals surface area contributed by atoms with Gasteiger partial charge in [0.05, 0.1) is 33.4 Å². The monoisotopic (exact) mass is 602 g/mol. The lowest BCUT2D eigenvalue weighted by molar-refractivity contribution is -0.139. The first-order valence-electron chi connectivity index (χ1n) is 12.8. The molecule has 2 aliphatic carbocycles. The van der Waals surface area contributed by atoms with Gasteiger partial charge in [-0.05, 0) is 62.6 Å². The van der Waals surface area contributed by atoms with E-state index in [9.17, 15) is 41.4 Å². The van der Waals surface area contributed by atoms with E-state index in [0.717, 1.165) is 6.07 Å². The van der Waals surface area contributed by atoms with Crippen LogP contribution in [0.4, 0.5) is 18.9 Å². The van der Waals surface area contributed by atoms with Gasteiger partial charge in [-0.1, -0.05) is 11.6 Å². The number of aliphatic hydroxyl groups excluding tert-OH is 1. The SMILES string of the molecule is CC(=O)N(C[C@@H](C)O)CC1(O)C2CC[C@H]1CC(S(=O)(=O)c1cc(C(=O)Nc3cc(F)c(F)c(F)c3)ccc1Cl)C2. The summed E-state index contributed by atoms with van der Waals surface area (Å²) >= 11 is 6.25. The molecule has 2 aliphatic rings. The van der Waals surface area contributed by atoms with Gasteiger partial charge in [-0.2, -0.15) is 0 Å². The van der Waals surface area contributed by atoms with Crippen molar-refractivity contribution in [3.8, 4) is 0 Å². The summed E-state index contributed by atoms with van der Waals surface area (Å²) in [5, 5.41) is 22.5. The number of hydrogen-bond donors (Lipinski definition) is 3. The van der Waals surface area contributed by atoms with E-state index >= 15 is 0 Å². The second-order valence-corrected chi connectivity index (χ2v) is 13.3. The van der Waals surface area contributed by atoms with Gasteiger partial charge in [0.15, 0.2) is 27.3 Å². The van der Waals surface area contributed by atoms with Gasteiger partial charge in [0, 0.05) is 36.9 Å². The van der Waals surface area contributed by atoms with Crippen LogP contribution in [-0.4, -0.2) is 65.4 Å². The number of halogens is 4. The third-order valence-electron chi connectivity index (χ3n) is 7.93. The number of nitrogens with zero attached hydrogens (tertiary/aromatic N) is 1. The Bertz CT molecular complexity index is 1400. The molecule has 0 heterocycles. The number of hydrogen-bond acceptors (Lipinski definition) is 6. The van der Waals surface area contributed by atoms with Gasteiger partial charge >= 0.3 is 0 Å². The molecule has 2 fully saturated rings. The van der Waals surface area contributed by atoms with Crippen molar-refractivity contribution in [2.45, 2.75) is 61.4 Å². The number of anilines is 1. The summed E-state index contributed by atoms with van der Waals surface area (Å²) in [6.45, 7) is 2.90. The lowest BCUT2D eigenvalue weighted by atomic mass is 9.74. The Morgan fingerprint density at radius 1 is 1.12 bits per heavy atom. The Balaban J connectivity index is 1.56. The van der Waals surface area contributed by atoms with E-state index in [4.69, 9.17) is 11.6 Å².